The molecule has 16 heavy (non-hydrogen) atoms. The molecule has 3 aromatic heterocycles. The highest BCUT2D eigenvalue weighted by atomic mass is 16.6. The molecule has 3 rings (SSSR count). The first-order valence-corrected chi connectivity index (χ1v) is 4.40. The van der Waals surface area contributed by atoms with E-state index < -0.39 is 0 Å². The number of nitrogens with one attached hydrogen (secondary N) is 1. The average molecular weight is 218 g/mol. The van der Waals surface area contributed by atoms with E-state index in [0.717, 1.165) is 5.69 Å². The van der Waals surface area contributed by atoms with Gasteiger partial charge in [-0.15, -0.1) is 0 Å². The van der Waals surface area contributed by atoms with Gasteiger partial charge in [-0.25, -0.2) is 4.63 Å². The Morgan fingerprint density at radius 2 is 2.19 bits per heavy atom. The Bertz CT molecular complexity index is 596. The van der Waals surface area contributed by atoms with Crippen LogP contribution >= 0.6 is 0 Å². The zero-order valence-electron chi connectivity index (χ0n) is 7.91. The maximum atomic E-state index is 5.50. The van der Waals surface area contributed by atoms with Gasteiger partial charge < -0.3 is 15.2 Å². The maximum absolute atomic E-state index is 5.50. The Labute approximate surface area is 88.4 Å². The molecule has 0 saturated carbocycles. The van der Waals surface area contributed by atoms with E-state index in [9.17, 15) is 0 Å². The molecule has 3 N–H and O–H groups in total. The highest BCUT2D eigenvalue weighted by molar-refractivity contribution is 5.62. The van der Waals surface area contributed by atoms with Gasteiger partial charge in [0.2, 0.25) is 17.3 Å². The number of nitrogens with two attached hydrogens (primary N) is 1. The van der Waals surface area contributed by atoms with Gasteiger partial charge in [0.25, 0.3) is 5.89 Å². The molecule has 0 spiro atoms. The minimum Gasteiger partial charge on any atom is -0.379 e. The summed E-state index contributed by atoms with van der Waals surface area (Å²) in [5.41, 5.74) is 6.48. The van der Waals surface area contributed by atoms with Crippen LogP contribution < -0.4 is 5.73 Å². The van der Waals surface area contributed by atoms with Crippen molar-refractivity contribution in [1.82, 2.24) is 25.4 Å². The van der Waals surface area contributed by atoms with Crippen LogP contribution in [0.25, 0.3) is 23.1 Å². The zero-order chi connectivity index (χ0) is 11.0. The molecule has 0 saturated heterocycles. The van der Waals surface area contributed by atoms with E-state index in [2.05, 4.69) is 30.1 Å². The number of aromatic nitrogens is 5. The number of hydrogen-bond acceptors (Lipinski definition) is 7. The summed E-state index contributed by atoms with van der Waals surface area (Å²) in [4.78, 5) is 7.06. The molecule has 0 aromatic carbocycles. The van der Waals surface area contributed by atoms with Gasteiger partial charge in [0.1, 0.15) is 0 Å². The summed E-state index contributed by atoms with van der Waals surface area (Å²) in [7, 11) is 0. The van der Waals surface area contributed by atoms with E-state index >= 15 is 0 Å². The molecule has 0 unspecified atom stereocenters. The first kappa shape index (κ1) is 8.65. The van der Waals surface area contributed by atoms with Gasteiger partial charge in [-0.05, 0) is 22.4 Å². The van der Waals surface area contributed by atoms with Gasteiger partial charge in [0.15, 0.2) is 0 Å². The Balaban J connectivity index is 2.03. The third-order valence-corrected chi connectivity index (χ3v) is 1.98. The van der Waals surface area contributed by atoms with Crippen molar-refractivity contribution in [2.75, 3.05) is 5.73 Å². The molecule has 8 heteroatoms. The number of nitrogens with zero attached hydrogens (tertiary/aromatic N) is 4. The van der Waals surface area contributed by atoms with E-state index in [1.165, 1.54) is 0 Å². The minimum atomic E-state index is 0.113. The van der Waals surface area contributed by atoms with E-state index in [0.29, 0.717) is 5.82 Å². The largest absolute Gasteiger partial charge is 0.379 e. The molecule has 80 valence electrons. The minimum absolute atomic E-state index is 0.113. The molecule has 0 amide bonds. The van der Waals surface area contributed by atoms with Crippen molar-refractivity contribution in [1.29, 1.82) is 0 Å². The first-order chi connectivity index (χ1) is 7.84. The molecule has 3 aromatic rings. The lowest BCUT2D eigenvalue weighted by Crippen LogP contribution is -1.88. The third kappa shape index (κ3) is 1.24. The quantitative estimate of drug-likeness (QED) is 0.649. The number of H-pyrrole nitrogens is 1. The van der Waals surface area contributed by atoms with Crippen LogP contribution in [0.15, 0.2) is 27.5 Å². The fourth-order valence-electron chi connectivity index (χ4n) is 1.24. The Morgan fingerprint density at radius 1 is 1.25 bits per heavy atom. The summed E-state index contributed by atoms with van der Waals surface area (Å²) in [6.45, 7) is 0. The van der Waals surface area contributed by atoms with Crippen LogP contribution in [-0.4, -0.2) is 25.4 Å². The second-order valence-corrected chi connectivity index (χ2v) is 3.01. The second-order valence-electron chi connectivity index (χ2n) is 3.01. The molecule has 0 radical (unpaired) electrons. The van der Waals surface area contributed by atoms with Crippen molar-refractivity contribution in [3.05, 3.63) is 18.3 Å². The first-order valence-electron chi connectivity index (χ1n) is 4.40. The monoisotopic (exact) mass is 218 g/mol. The second kappa shape index (κ2) is 3.19. The van der Waals surface area contributed by atoms with E-state index in [1.54, 1.807) is 6.20 Å². The predicted octanol–water partition coefficient (Wildman–Crippen LogP) is 0.697. The maximum Gasteiger partial charge on any atom is 0.284 e. The summed E-state index contributed by atoms with van der Waals surface area (Å²) in [6.07, 6.45) is 1.76. The van der Waals surface area contributed by atoms with Crippen LogP contribution in [0.3, 0.4) is 0 Å². The Hall–Kier alpha value is -2.64. The smallest absolute Gasteiger partial charge is 0.284 e. The summed E-state index contributed by atoms with van der Waals surface area (Å²) in [6, 6.07) is 3.65. The summed E-state index contributed by atoms with van der Waals surface area (Å²) < 4.78 is 9.43. The number of hydrogen-bond donors (Lipinski definition) is 2. The van der Waals surface area contributed by atoms with Crippen LogP contribution in [0.1, 0.15) is 0 Å². The summed E-state index contributed by atoms with van der Waals surface area (Å²) in [5.74, 6) is 0.701. The molecular formula is C8H6N6O2. The highest BCUT2D eigenvalue weighted by Crippen LogP contribution is 2.22. The van der Waals surface area contributed by atoms with Crippen LogP contribution in [0, 0.1) is 0 Å². The molecule has 0 aliphatic rings. The molecule has 0 atom stereocenters. The van der Waals surface area contributed by atoms with Crippen molar-refractivity contribution >= 4 is 5.82 Å². The highest BCUT2D eigenvalue weighted by Gasteiger charge is 2.17. The lowest BCUT2D eigenvalue weighted by Gasteiger charge is -1.84. The molecule has 0 fully saturated rings. The average Bonchev–Trinajstić information content (AvgIpc) is 2.96. The topological polar surface area (TPSA) is 120 Å². The molecule has 0 aliphatic heterocycles. The Kier molecular flexibility index (Phi) is 1.72. The molecule has 0 bridgehead atoms. The molecular weight excluding hydrogens is 212 g/mol. The fourth-order valence-corrected chi connectivity index (χ4v) is 1.24. The summed E-state index contributed by atoms with van der Waals surface area (Å²) >= 11 is 0. The fraction of sp³-hybridized carbons (Fsp3) is 0. The number of aromatic amines is 1. The van der Waals surface area contributed by atoms with Gasteiger partial charge in [-0.1, -0.05) is 5.16 Å². The van der Waals surface area contributed by atoms with E-state index in [4.69, 9.17) is 10.3 Å². The van der Waals surface area contributed by atoms with Gasteiger partial charge in [0, 0.05) is 6.20 Å². The van der Waals surface area contributed by atoms with Gasteiger partial charge >= 0.3 is 0 Å². The van der Waals surface area contributed by atoms with Crippen molar-refractivity contribution in [2.24, 2.45) is 0 Å². The molecule has 0 aliphatic carbocycles. The summed E-state index contributed by atoms with van der Waals surface area (Å²) in [5, 5.41) is 10.8. The van der Waals surface area contributed by atoms with E-state index in [1.807, 2.05) is 12.1 Å². The number of nitrogen functional groups attached to an aromatic ring is 1. The van der Waals surface area contributed by atoms with Crippen molar-refractivity contribution < 1.29 is 9.15 Å². The van der Waals surface area contributed by atoms with Crippen molar-refractivity contribution in [3.8, 4) is 23.1 Å². The lowest BCUT2D eigenvalue weighted by atomic mass is 10.4. The van der Waals surface area contributed by atoms with Crippen molar-refractivity contribution in [3.63, 3.8) is 0 Å². The van der Waals surface area contributed by atoms with Crippen LogP contribution in [0.4, 0.5) is 5.82 Å². The zero-order valence-corrected chi connectivity index (χ0v) is 7.91. The van der Waals surface area contributed by atoms with Gasteiger partial charge in [0.05, 0.1) is 5.69 Å². The molecule has 8 nitrogen and oxygen atoms in total. The third-order valence-electron chi connectivity index (χ3n) is 1.98. The van der Waals surface area contributed by atoms with Crippen molar-refractivity contribution in [2.45, 2.75) is 0 Å². The number of rotatable bonds is 2. The molecule has 3 heterocycles. The Morgan fingerprint density at radius 3 is 2.88 bits per heavy atom. The van der Waals surface area contributed by atoms with Crippen LogP contribution in [0.5, 0.6) is 0 Å². The van der Waals surface area contributed by atoms with Gasteiger partial charge in [-0.3, -0.25) is 0 Å². The van der Waals surface area contributed by atoms with E-state index in [-0.39, 0.29) is 17.4 Å². The van der Waals surface area contributed by atoms with Crippen LogP contribution in [0.2, 0.25) is 0 Å². The predicted molar refractivity (Wildman–Crippen MR) is 51.8 cm³/mol. The number of anilines is 1. The lowest BCUT2D eigenvalue weighted by molar-refractivity contribution is 0.308. The SMILES string of the molecule is Nc1nonc1-c1nc(-c2ccc[nH]2)no1. The normalized spacial score (nSPS) is 10.8. The van der Waals surface area contributed by atoms with Gasteiger partial charge in [-0.2, -0.15) is 4.98 Å². The standard InChI is InChI=1S/C8H6N6O2/c9-6-5(12-16-13-6)8-11-7(14-15-8)4-2-1-3-10-4/h1-3,10H,(H2,9,13). The van der Waals surface area contributed by atoms with Crippen LogP contribution in [-0.2, 0) is 0 Å².